The Labute approximate surface area is 122 Å². The summed E-state index contributed by atoms with van der Waals surface area (Å²) in [5.41, 5.74) is 6.98. The summed E-state index contributed by atoms with van der Waals surface area (Å²) in [7, 11) is 0. The van der Waals surface area contributed by atoms with Crippen molar-refractivity contribution in [3.63, 3.8) is 0 Å². The van der Waals surface area contributed by atoms with Crippen molar-refractivity contribution >= 4 is 23.4 Å². The van der Waals surface area contributed by atoms with Crippen LogP contribution in [-0.2, 0) is 6.42 Å². The van der Waals surface area contributed by atoms with Crippen LogP contribution in [0.3, 0.4) is 0 Å². The van der Waals surface area contributed by atoms with Crippen LogP contribution in [0.25, 0.3) is 0 Å². The Balaban J connectivity index is 1.89. The molecule has 0 aromatic heterocycles. The van der Waals surface area contributed by atoms with Gasteiger partial charge < -0.3 is 5.73 Å². The zero-order valence-corrected chi connectivity index (χ0v) is 11.9. The number of benzene rings is 2. The van der Waals surface area contributed by atoms with Crippen molar-refractivity contribution < 1.29 is 4.39 Å². The Morgan fingerprint density at radius 1 is 1.16 bits per heavy atom. The van der Waals surface area contributed by atoms with E-state index in [1.807, 2.05) is 18.2 Å². The number of rotatable bonds is 5. The topological polar surface area (TPSA) is 26.0 Å². The average molecular weight is 296 g/mol. The fourth-order valence-electron chi connectivity index (χ4n) is 1.75. The maximum Gasteiger partial charge on any atom is 0.124 e. The second-order valence-corrected chi connectivity index (χ2v) is 5.82. The van der Waals surface area contributed by atoms with E-state index in [4.69, 9.17) is 17.3 Å². The molecule has 0 spiro atoms. The summed E-state index contributed by atoms with van der Waals surface area (Å²) in [5.74, 6) is 0.485. The van der Waals surface area contributed by atoms with Gasteiger partial charge in [0.2, 0.25) is 0 Å². The number of nitrogens with two attached hydrogens (primary N) is 1. The highest BCUT2D eigenvalue weighted by Crippen LogP contribution is 2.21. The first-order valence-electron chi connectivity index (χ1n) is 6.02. The van der Waals surface area contributed by atoms with E-state index in [2.05, 4.69) is 12.1 Å². The Morgan fingerprint density at radius 2 is 1.89 bits per heavy atom. The van der Waals surface area contributed by atoms with Crippen LogP contribution in [0, 0.1) is 5.82 Å². The Hall–Kier alpha value is -1.03. The standard InChI is InChI=1S/C15H15ClFNS/c16-15-9-12(17)7-6-11(15)8-13(18)10-19-14-4-2-1-3-5-14/h1-7,9,13H,8,10,18H2. The van der Waals surface area contributed by atoms with Crippen molar-refractivity contribution in [2.24, 2.45) is 5.73 Å². The molecule has 19 heavy (non-hydrogen) atoms. The van der Waals surface area contributed by atoms with E-state index in [1.54, 1.807) is 17.8 Å². The molecule has 2 rings (SSSR count). The van der Waals surface area contributed by atoms with E-state index < -0.39 is 0 Å². The molecule has 100 valence electrons. The fourth-order valence-corrected chi connectivity index (χ4v) is 2.87. The molecule has 0 aliphatic carbocycles. The minimum atomic E-state index is -0.319. The largest absolute Gasteiger partial charge is 0.327 e. The van der Waals surface area contributed by atoms with Crippen LogP contribution in [0.1, 0.15) is 5.56 Å². The quantitative estimate of drug-likeness (QED) is 0.839. The molecule has 2 aromatic carbocycles. The van der Waals surface area contributed by atoms with Gasteiger partial charge >= 0.3 is 0 Å². The molecular weight excluding hydrogens is 281 g/mol. The lowest BCUT2D eigenvalue weighted by Gasteiger charge is -2.12. The zero-order valence-electron chi connectivity index (χ0n) is 10.4. The third-order valence-electron chi connectivity index (χ3n) is 2.70. The molecule has 1 nitrogen and oxygen atoms in total. The predicted octanol–water partition coefficient (Wildman–Crippen LogP) is 4.14. The van der Waals surface area contributed by atoms with Crippen LogP contribution in [-0.4, -0.2) is 11.8 Å². The first-order valence-corrected chi connectivity index (χ1v) is 7.39. The average Bonchev–Trinajstić information content (AvgIpc) is 2.41. The van der Waals surface area contributed by atoms with Gasteiger partial charge in [0, 0.05) is 21.7 Å². The van der Waals surface area contributed by atoms with E-state index >= 15 is 0 Å². The van der Waals surface area contributed by atoms with E-state index in [0.29, 0.717) is 11.4 Å². The molecule has 0 amide bonds. The van der Waals surface area contributed by atoms with Crippen LogP contribution in [0.2, 0.25) is 5.02 Å². The van der Waals surface area contributed by atoms with Gasteiger partial charge in [-0.25, -0.2) is 4.39 Å². The molecular formula is C15H15ClFNS. The van der Waals surface area contributed by atoms with E-state index in [-0.39, 0.29) is 11.9 Å². The van der Waals surface area contributed by atoms with Gasteiger partial charge in [0.15, 0.2) is 0 Å². The van der Waals surface area contributed by atoms with Gasteiger partial charge in [0.05, 0.1) is 0 Å². The predicted molar refractivity (Wildman–Crippen MR) is 80.3 cm³/mol. The summed E-state index contributed by atoms with van der Waals surface area (Å²) in [6, 6.07) is 14.5. The first kappa shape index (κ1) is 14.4. The highest BCUT2D eigenvalue weighted by Gasteiger charge is 2.08. The summed E-state index contributed by atoms with van der Waals surface area (Å²) in [5, 5.41) is 0.445. The highest BCUT2D eigenvalue weighted by atomic mass is 35.5. The summed E-state index contributed by atoms with van der Waals surface area (Å²) < 4.78 is 12.9. The molecule has 4 heteroatoms. The molecule has 0 heterocycles. The summed E-state index contributed by atoms with van der Waals surface area (Å²) in [4.78, 5) is 1.20. The Morgan fingerprint density at radius 3 is 2.58 bits per heavy atom. The molecule has 0 aliphatic rings. The normalized spacial score (nSPS) is 12.4. The number of thioether (sulfide) groups is 1. The Bertz CT molecular complexity index is 533. The third-order valence-corrected chi connectivity index (χ3v) is 4.26. The van der Waals surface area contributed by atoms with E-state index in [1.165, 1.54) is 17.0 Å². The SMILES string of the molecule is NC(CSc1ccccc1)Cc1ccc(F)cc1Cl. The van der Waals surface area contributed by atoms with Gasteiger partial charge in [-0.05, 0) is 36.2 Å². The molecule has 0 aliphatic heterocycles. The second kappa shape index (κ2) is 6.94. The lowest BCUT2D eigenvalue weighted by atomic mass is 10.1. The second-order valence-electron chi connectivity index (χ2n) is 4.32. The van der Waals surface area contributed by atoms with Gasteiger partial charge in [-0.15, -0.1) is 11.8 Å². The van der Waals surface area contributed by atoms with Crippen LogP contribution < -0.4 is 5.73 Å². The molecule has 0 bridgehead atoms. The van der Waals surface area contributed by atoms with Gasteiger partial charge in [-0.3, -0.25) is 0 Å². The Kier molecular flexibility index (Phi) is 5.25. The fraction of sp³-hybridized carbons (Fsp3) is 0.200. The van der Waals surface area contributed by atoms with E-state index in [9.17, 15) is 4.39 Å². The van der Waals surface area contributed by atoms with Crippen molar-refractivity contribution in [2.45, 2.75) is 17.4 Å². The first-order chi connectivity index (χ1) is 9.15. The molecule has 2 aromatic rings. The highest BCUT2D eigenvalue weighted by molar-refractivity contribution is 7.99. The van der Waals surface area contributed by atoms with Gasteiger partial charge in [0.25, 0.3) is 0 Å². The molecule has 0 radical (unpaired) electrons. The van der Waals surface area contributed by atoms with E-state index in [0.717, 1.165) is 11.3 Å². The van der Waals surface area contributed by atoms with Crippen molar-refractivity contribution in [3.8, 4) is 0 Å². The number of halogens is 2. The zero-order chi connectivity index (χ0) is 13.7. The molecule has 0 saturated carbocycles. The van der Waals surface area contributed by atoms with Crippen LogP contribution >= 0.6 is 23.4 Å². The maximum atomic E-state index is 12.9. The smallest absolute Gasteiger partial charge is 0.124 e. The summed E-state index contributed by atoms with van der Waals surface area (Å²) >= 11 is 7.70. The van der Waals surface area contributed by atoms with Crippen molar-refractivity contribution in [2.75, 3.05) is 5.75 Å². The maximum absolute atomic E-state index is 12.9. The molecule has 2 N–H and O–H groups in total. The van der Waals surface area contributed by atoms with Gasteiger partial charge in [0.1, 0.15) is 5.82 Å². The molecule has 1 unspecified atom stereocenters. The summed E-state index contributed by atoms with van der Waals surface area (Å²) in [6.45, 7) is 0. The number of hydrogen-bond acceptors (Lipinski definition) is 2. The molecule has 0 fully saturated rings. The molecule has 0 saturated heterocycles. The van der Waals surface area contributed by atoms with Crippen LogP contribution in [0.15, 0.2) is 53.4 Å². The van der Waals surface area contributed by atoms with Crippen LogP contribution in [0.5, 0.6) is 0 Å². The van der Waals surface area contributed by atoms with Gasteiger partial charge in [-0.2, -0.15) is 0 Å². The minimum Gasteiger partial charge on any atom is -0.327 e. The third kappa shape index (κ3) is 4.53. The van der Waals surface area contributed by atoms with Crippen LogP contribution in [0.4, 0.5) is 4.39 Å². The number of hydrogen-bond donors (Lipinski definition) is 1. The lowest BCUT2D eigenvalue weighted by molar-refractivity contribution is 0.626. The van der Waals surface area contributed by atoms with Crippen molar-refractivity contribution in [1.82, 2.24) is 0 Å². The van der Waals surface area contributed by atoms with Crippen molar-refractivity contribution in [1.29, 1.82) is 0 Å². The lowest BCUT2D eigenvalue weighted by Crippen LogP contribution is -2.25. The van der Waals surface area contributed by atoms with Crippen molar-refractivity contribution in [3.05, 3.63) is 64.9 Å². The molecule has 1 atom stereocenters. The minimum absolute atomic E-state index is 0.00633. The monoisotopic (exact) mass is 295 g/mol. The summed E-state index contributed by atoms with van der Waals surface area (Å²) in [6.07, 6.45) is 0.652. The van der Waals surface area contributed by atoms with Gasteiger partial charge in [-0.1, -0.05) is 35.9 Å².